The van der Waals surface area contributed by atoms with Crippen molar-refractivity contribution in [3.05, 3.63) is 24.2 Å². The summed E-state index contributed by atoms with van der Waals surface area (Å²) in [6, 6.07) is 4.27. The van der Waals surface area contributed by atoms with E-state index in [0.29, 0.717) is 24.5 Å². The summed E-state index contributed by atoms with van der Waals surface area (Å²) < 4.78 is 10.7. The van der Waals surface area contributed by atoms with E-state index >= 15 is 0 Å². The van der Waals surface area contributed by atoms with Gasteiger partial charge < -0.3 is 19.8 Å². The highest BCUT2D eigenvalue weighted by Crippen LogP contribution is 2.13. The van der Waals surface area contributed by atoms with Crippen molar-refractivity contribution >= 4 is 11.9 Å². The normalized spacial score (nSPS) is 12.0. The van der Waals surface area contributed by atoms with Gasteiger partial charge in [-0.25, -0.2) is 0 Å². The Morgan fingerprint density at radius 3 is 2.71 bits per heavy atom. The fourth-order valence-electron chi connectivity index (χ4n) is 1.85. The summed E-state index contributed by atoms with van der Waals surface area (Å²) in [5, 5.41) is 6.30. The van der Waals surface area contributed by atoms with Gasteiger partial charge in [0.15, 0.2) is 0 Å². The van der Waals surface area contributed by atoms with Crippen LogP contribution in [-0.4, -0.2) is 34.1 Å². The van der Waals surface area contributed by atoms with Gasteiger partial charge in [-0.05, 0) is 32.9 Å². The summed E-state index contributed by atoms with van der Waals surface area (Å²) in [6.45, 7) is 7.16. The average molecular weight is 291 g/mol. The number of nitrogens with zero attached hydrogens (tertiary/aromatic N) is 3. The lowest BCUT2D eigenvalue weighted by atomic mass is 10.2. The van der Waals surface area contributed by atoms with Crippen molar-refractivity contribution in [2.75, 3.05) is 23.8 Å². The summed E-state index contributed by atoms with van der Waals surface area (Å²) in [6.07, 6.45) is 2.42. The Kier molecular flexibility index (Phi) is 5.36. The summed E-state index contributed by atoms with van der Waals surface area (Å²) >= 11 is 0. The van der Waals surface area contributed by atoms with Crippen LogP contribution in [-0.2, 0) is 6.42 Å². The van der Waals surface area contributed by atoms with Gasteiger partial charge in [0.25, 0.3) is 0 Å². The maximum absolute atomic E-state index is 5.36. The van der Waals surface area contributed by atoms with E-state index in [1.165, 1.54) is 0 Å². The molecule has 2 aromatic rings. The predicted molar refractivity (Wildman–Crippen MR) is 80.7 cm³/mol. The van der Waals surface area contributed by atoms with Gasteiger partial charge >= 0.3 is 6.01 Å². The Morgan fingerprint density at radius 1 is 1.24 bits per heavy atom. The van der Waals surface area contributed by atoms with Crippen molar-refractivity contribution in [3.8, 4) is 6.01 Å². The van der Waals surface area contributed by atoms with Crippen molar-refractivity contribution in [2.24, 2.45) is 0 Å². The summed E-state index contributed by atoms with van der Waals surface area (Å²) in [5.74, 6) is 1.91. The monoisotopic (exact) mass is 291 g/mol. The fraction of sp³-hybridized carbons (Fsp3) is 0.500. The van der Waals surface area contributed by atoms with Crippen LogP contribution in [0.25, 0.3) is 0 Å². The molecule has 114 valence electrons. The quantitative estimate of drug-likeness (QED) is 0.772. The maximum atomic E-state index is 5.36. The molecule has 0 fully saturated rings. The second-order valence-electron chi connectivity index (χ2n) is 4.56. The molecule has 0 bridgehead atoms. The summed E-state index contributed by atoms with van der Waals surface area (Å²) in [4.78, 5) is 12.7. The van der Waals surface area contributed by atoms with Crippen LogP contribution in [0.3, 0.4) is 0 Å². The number of ether oxygens (including phenoxy) is 1. The van der Waals surface area contributed by atoms with Crippen molar-refractivity contribution in [3.63, 3.8) is 0 Å². The lowest BCUT2D eigenvalue weighted by Gasteiger charge is -2.14. The molecule has 2 rings (SSSR count). The van der Waals surface area contributed by atoms with E-state index in [1.807, 2.05) is 32.9 Å². The highest BCUT2D eigenvalue weighted by Gasteiger charge is 2.11. The minimum atomic E-state index is 0.127. The molecule has 0 amide bonds. The highest BCUT2D eigenvalue weighted by molar-refractivity contribution is 5.36. The molecule has 0 saturated carbocycles. The molecule has 0 saturated heterocycles. The van der Waals surface area contributed by atoms with Crippen molar-refractivity contribution < 1.29 is 9.15 Å². The SMILES string of the molecule is CCNc1nc(NC(C)Cc2ccco2)nc(OCC)n1. The molecule has 2 N–H and O–H groups in total. The third-order valence-electron chi connectivity index (χ3n) is 2.69. The molecule has 2 aromatic heterocycles. The molecule has 0 radical (unpaired) electrons. The van der Waals surface area contributed by atoms with E-state index in [0.717, 1.165) is 18.7 Å². The van der Waals surface area contributed by atoms with Crippen molar-refractivity contribution in [1.82, 2.24) is 15.0 Å². The Morgan fingerprint density at radius 2 is 2.05 bits per heavy atom. The van der Waals surface area contributed by atoms with Gasteiger partial charge in [0.05, 0.1) is 12.9 Å². The van der Waals surface area contributed by atoms with Gasteiger partial charge in [-0.3, -0.25) is 0 Å². The van der Waals surface area contributed by atoms with Gasteiger partial charge in [-0.15, -0.1) is 0 Å². The number of rotatable bonds is 8. The van der Waals surface area contributed by atoms with E-state index in [1.54, 1.807) is 6.26 Å². The Labute approximate surface area is 124 Å². The fourth-order valence-corrected chi connectivity index (χ4v) is 1.85. The van der Waals surface area contributed by atoms with E-state index in [2.05, 4.69) is 25.6 Å². The molecule has 0 aromatic carbocycles. The first-order chi connectivity index (χ1) is 10.2. The Hall–Kier alpha value is -2.31. The second-order valence-corrected chi connectivity index (χ2v) is 4.56. The molecule has 1 atom stereocenters. The number of nitrogens with one attached hydrogen (secondary N) is 2. The van der Waals surface area contributed by atoms with Crippen molar-refractivity contribution in [1.29, 1.82) is 0 Å². The maximum Gasteiger partial charge on any atom is 0.323 e. The summed E-state index contributed by atoms with van der Waals surface area (Å²) in [5.41, 5.74) is 0. The van der Waals surface area contributed by atoms with Crippen LogP contribution in [0.1, 0.15) is 26.5 Å². The highest BCUT2D eigenvalue weighted by atomic mass is 16.5. The first-order valence-corrected chi connectivity index (χ1v) is 7.13. The third kappa shape index (κ3) is 4.62. The largest absolute Gasteiger partial charge is 0.469 e. The van der Waals surface area contributed by atoms with E-state index < -0.39 is 0 Å². The molecule has 0 aliphatic rings. The minimum absolute atomic E-state index is 0.127. The molecule has 7 heteroatoms. The first kappa shape index (κ1) is 15.1. The molecule has 1 unspecified atom stereocenters. The Bertz CT molecular complexity index is 520. The van der Waals surface area contributed by atoms with Crippen LogP contribution >= 0.6 is 0 Å². The van der Waals surface area contributed by atoms with Crippen LogP contribution in [0.4, 0.5) is 11.9 Å². The molecule has 0 spiro atoms. The molecule has 2 heterocycles. The van der Waals surface area contributed by atoms with Gasteiger partial charge in [-0.2, -0.15) is 15.0 Å². The zero-order chi connectivity index (χ0) is 15.1. The number of furan rings is 1. The predicted octanol–water partition coefficient (Wildman–Crippen LogP) is 2.34. The molecular weight excluding hydrogens is 270 g/mol. The standard InChI is InChI=1S/C14H21N5O2/c1-4-15-12-17-13(19-14(18-12)20-5-2)16-10(3)9-11-7-6-8-21-11/h6-8,10H,4-5,9H2,1-3H3,(H2,15,16,17,18,19). The lowest BCUT2D eigenvalue weighted by Crippen LogP contribution is -2.20. The Balaban J connectivity index is 2.06. The van der Waals surface area contributed by atoms with Crippen LogP contribution in [0.15, 0.2) is 22.8 Å². The molecule has 21 heavy (non-hydrogen) atoms. The third-order valence-corrected chi connectivity index (χ3v) is 2.69. The van der Waals surface area contributed by atoms with E-state index in [9.17, 15) is 0 Å². The number of aromatic nitrogens is 3. The van der Waals surface area contributed by atoms with E-state index in [4.69, 9.17) is 9.15 Å². The zero-order valence-electron chi connectivity index (χ0n) is 12.6. The van der Waals surface area contributed by atoms with Crippen LogP contribution < -0.4 is 15.4 Å². The van der Waals surface area contributed by atoms with Crippen LogP contribution in [0.5, 0.6) is 6.01 Å². The summed E-state index contributed by atoms with van der Waals surface area (Å²) in [7, 11) is 0. The first-order valence-electron chi connectivity index (χ1n) is 7.13. The molecule has 7 nitrogen and oxygen atoms in total. The number of hydrogen-bond donors (Lipinski definition) is 2. The number of anilines is 2. The van der Waals surface area contributed by atoms with Crippen LogP contribution in [0, 0.1) is 0 Å². The zero-order valence-corrected chi connectivity index (χ0v) is 12.6. The van der Waals surface area contributed by atoms with Gasteiger partial charge in [0.1, 0.15) is 5.76 Å². The minimum Gasteiger partial charge on any atom is -0.469 e. The smallest absolute Gasteiger partial charge is 0.323 e. The van der Waals surface area contributed by atoms with Gasteiger partial charge in [0.2, 0.25) is 11.9 Å². The average Bonchev–Trinajstić information content (AvgIpc) is 2.91. The molecule has 0 aliphatic carbocycles. The van der Waals surface area contributed by atoms with Crippen molar-refractivity contribution in [2.45, 2.75) is 33.2 Å². The van der Waals surface area contributed by atoms with Crippen LogP contribution in [0.2, 0.25) is 0 Å². The molecule has 0 aliphatic heterocycles. The molecular formula is C14H21N5O2. The van der Waals surface area contributed by atoms with Gasteiger partial charge in [0, 0.05) is 19.0 Å². The number of hydrogen-bond acceptors (Lipinski definition) is 7. The van der Waals surface area contributed by atoms with E-state index in [-0.39, 0.29) is 6.04 Å². The lowest BCUT2D eigenvalue weighted by molar-refractivity contribution is 0.312. The second kappa shape index (κ2) is 7.47. The topological polar surface area (TPSA) is 85.1 Å². The van der Waals surface area contributed by atoms with Gasteiger partial charge in [-0.1, -0.05) is 0 Å².